The molecule has 2 heteroatoms. The molecule has 0 atom stereocenters. The molecule has 2 aliphatic carbocycles. The summed E-state index contributed by atoms with van der Waals surface area (Å²) in [6.45, 7) is 2.13. The first-order valence-electron chi connectivity index (χ1n) is 11.9. The fraction of sp³-hybridized carbons (Fsp3) is 0.429. The molecule has 0 spiro atoms. The van der Waals surface area contributed by atoms with E-state index >= 15 is 0 Å². The second kappa shape index (κ2) is 9.12. The van der Waals surface area contributed by atoms with E-state index in [1.54, 1.807) is 22.3 Å². The van der Waals surface area contributed by atoms with Gasteiger partial charge in [0.2, 0.25) is 0 Å². The van der Waals surface area contributed by atoms with Crippen molar-refractivity contribution in [1.29, 1.82) is 0 Å². The summed E-state index contributed by atoms with van der Waals surface area (Å²) in [6.07, 6.45) is 22.0. The van der Waals surface area contributed by atoms with Crippen molar-refractivity contribution < 1.29 is 9.13 Å². The lowest BCUT2D eigenvalue weighted by Gasteiger charge is -2.13. The number of rotatable bonds is 6. The molecule has 2 aliphatic rings. The van der Waals surface area contributed by atoms with Crippen LogP contribution in [0.15, 0.2) is 61.2 Å². The maximum atomic E-state index is 2.39. The zero-order valence-corrected chi connectivity index (χ0v) is 18.2. The zero-order chi connectivity index (χ0) is 20.2. The predicted molar refractivity (Wildman–Crippen MR) is 120 cm³/mol. The van der Waals surface area contributed by atoms with Crippen molar-refractivity contribution in [3.05, 3.63) is 94.6 Å². The monoisotopic (exact) mass is 398 g/mol. The van der Waals surface area contributed by atoms with Gasteiger partial charge in [-0.2, -0.15) is 0 Å². The summed E-state index contributed by atoms with van der Waals surface area (Å²) in [7, 11) is 0. The van der Waals surface area contributed by atoms with Gasteiger partial charge >= 0.3 is 0 Å². The summed E-state index contributed by atoms with van der Waals surface area (Å²) in [5.41, 5.74) is 9.14. The van der Waals surface area contributed by atoms with Gasteiger partial charge in [0.1, 0.15) is 0 Å². The van der Waals surface area contributed by atoms with Gasteiger partial charge in [-0.1, -0.05) is 24.3 Å². The molecule has 0 aliphatic heterocycles. The first-order valence-corrected chi connectivity index (χ1v) is 11.9. The number of benzene rings is 1. The number of aromatic nitrogens is 2. The van der Waals surface area contributed by atoms with Crippen molar-refractivity contribution in [1.82, 2.24) is 0 Å². The highest BCUT2D eigenvalue weighted by atomic mass is 14.9. The molecule has 0 saturated heterocycles. The topological polar surface area (TPSA) is 7.76 Å². The fourth-order valence-corrected chi connectivity index (χ4v) is 5.10. The Morgan fingerprint density at radius 2 is 0.900 bits per heavy atom. The van der Waals surface area contributed by atoms with Crippen molar-refractivity contribution in [2.24, 2.45) is 0 Å². The van der Waals surface area contributed by atoms with E-state index in [1.807, 2.05) is 0 Å². The van der Waals surface area contributed by atoms with Gasteiger partial charge in [-0.3, -0.25) is 0 Å². The van der Waals surface area contributed by atoms with E-state index in [0.717, 1.165) is 25.9 Å². The molecular formula is C28H34N2+2. The highest BCUT2D eigenvalue weighted by molar-refractivity contribution is 5.25. The number of aryl methyl sites for hydroxylation is 8. The first-order chi connectivity index (χ1) is 14.8. The summed E-state index contributed by atoms with van der Waals surface area (Å²) >= 11 is 0. The van der Waals surface area contributed by atoms with E-state index < -0.39 is 0 Å². The average Bonchev–Trinajstić information content (AvgIpc) is 2.82. The largest absolute Gasteiger partial charge is 0.204 e. The molecule has 2 heterocycles. The smallest absolute Gasteiger partial charge is 0.172 e. The van der Waals surface area contributed by atoms with Crippen LogP contribution >= 0.6 is 0 Å². The average molecular weight is 399 g/mol. The van der Waals surface area contributed by atoms with Gasteiger partial charge in [0, 0.05) is 36.1 Å². The van der Waals surface area contributed by atoms with Gasteiger partial charge in [-0.15, -0.1) is 0 Å². The summed E-state index contributed by atoms with van der Waals surface area (Å²) in [4.78, 5) is 0. The molecule has 3 aromatic rings. The third-order valence-electron chi connectivity index (χ3n) is 7.03. The Hall–Kier alpha value is -2.48. The molecule has 0 unspecified atom stereocenters. The van der Waals surface area contributed by atoms with Crippen LogP contribution in [0.25, 0.3) is 0 Å². The summed E-state index contributed by atoms with van der Waals surface area (Å²) in [5.74, 6) is 0. The van der Waals surface area contributed by atoms with Crippen molar-refractivity contribution in [2.45, 2.75) is 77.3 Å². The fourth-order valence-electron chi connectivity index (χ4n) is 5.10. The van der Waals surface area contributed by atoms with Crippen LogP contribution in [-0.4, -0.2) is 0 Å². The van der Waals surface area contributed by atoms with Crippen molar-refractivity contribution >= 4 is 0 Å². The maximum Gasteiger partial charge on any atom is 0.172 e. The van der Waals surface area contributed by atoms with E-state index in [-0.39, 0.29) is 0 Å². The molecule has 0 amide bonds. The predicted octanol–water partition coefficient (Wildman–Crippen LogP) is 4.50. The van der Waals surface area contributed by atoms with E-state index in [2.05, 4.69) is 70.3 Å². The van der Waals surface area contributed by atoms with Gasteiger partial charge < -0.3 is 0 Å². The van der Waals surface area contributed by atoms with Crippen molar-refractivity contribution in [2.75, 3.05) is 0 Å². The first kappa shape index (κ1) is 19.5. The van der Waals surface area contributed by atoms with Crippen LogP contribution in [0.2, 0.25) is 0 Å². The molecule has 0 saturated carbocycles. The molecule has 2 nitrogen and oxygen atoms in total. The summed E-state index contributed by atoms with van der Waals surface area (Å²) < 4.78 is 4.76. The maximum absolute atomic E-state index is 2.39. The zero-order valence-electron chi connectivity index (χ0n) is 18.2. The Bertz CT molecular complexity index is 921. The molecule has 0 fully saturated rings. The van der Waals surface area contributed by atoms with Gasteiger partial charge in [0.25, 0.3) is 0 Å². The molecular weight excluding hydrogens is 364 g/mol. The third-order valence-corrected chi connectivity index (χ3v) is 7.03. The Balaban J connectivity index is 1.15. The Kier molecular flexibility index (Phi) is 5.92. The van der Waals surface area contributed by atoms with Crippen LogP contribution in [0.4, 0.5) is 0 Å². The number of hydrogen-bond acceptors (Lipinski definition) is 0. The second-order valence-electron chi connectivity index (χ2n) is 9.20. The van der Waals surface area contributed by atoms with Crippen molar-refractivity contribution in [3.63, 3.8) is 0 Å². The standard InChI is InChI=1S/C28H34N2/c1-3-7-27-21-29(19-15-25(27)5-1)17-13-23-9-11-24(12-10-23)14-18-30-20-16-26-6-2-4-8-28(26)22-30/h9-12,15-16,19-22H,1-8,13-14,17-18H2/q+2. The van der Waals surface area contributed by atoms with E-state index in [0.29, 0.717) is 0 Å². The van der Waals surface area contributed by atoms with Crippen LogP contribution in [0, 0.1) is 0 Å². The normalized spacial score (nSPS) is 15.5. The lowest BCUT2D eigenvalue weighted by molar-refractivity contribution is -0.697. The quantitative estimate of drug-likeness (QED) is 0.540. The van der Waals surface area contributed by atoms with E-state index in [9.17, 15) is 0 Å². The minimum atomic E-state index is 1.07. The number of nitrogens with zero attached hydrogens (tertiary/aromatic N) is 2. The molecule has 0 radical (unpaired) electrons. The molecule has 0 bridgehead atoms. The van der Waals surface area contributed by atoms with Gasteiger partial charge in [0.15, 0.2) is 37.9 Å². The second-order valence-corrected chi connectivity index (χ2v) is 9.20. The van der Waals surface area contributed by atoms with Crippen LogP contribution < -0.4 is 9.13 Å². The van der Waals surface area contributed by atoms with Gasteiger partial charge in [0.05, 0.1) is 0 Å². The van der Waals surface area contributed by atoms with Gasteiger partial charge in [-0.25, -0.2) is 9.13 Å². The minimum absolute atomic E-state index is 1.07. The highest BCUT2D eigenvalue weighted by Crippen LogP contribution is 2.20. The van der Waals surface area contributed by atoms with Crippen LogP contribution in [0.1, 0.15) is 59.1 Å². The molecule has 0 N–H and O–H groups in total. The lowest BCUT2D eigenvalue weighted by Crippen LogP contribution is -2.35. The number of fused-ring (bicyclic) bond motifs is 2. The van der Waals surface area contributed by atoms with Gasteiger partial charge in [-0.05, 0) is 73.6 Å². The van der Waals surface area contributed by atoms with E-state index in [4.69, 9.17) is 0 Å². The molecule has 30 heavy (non-hydrogen) atoms. The Morgan fingerprint density at radius 1 is 0.500 bits per heavy atom. The molecule has 1 aromatic carbocycles. The number of pyridine rings is 2. The molecule has 5 rings (SSSR count). The third kappa shape index (κ3) is 4.64. The summed E-state index contributed by atoms with van der Waals surface area (Å²) in [6, 6.07) is 14.0. The van der Waals surface area contributed by atoms with E-state index in [1.165, 1.54) is 62.5 Å². The van der Waals surface area contributed by atoms with Crippen LogP contribution in [0.3, 0.4) is 0 Å². The SMILES string of the molecule is c1cc(CC[n+]2ccc3c(c2)CCCC3)ccc1CC[n+]1ccc2c(c1)CCCC2. The highest BCUT2D eigenvalue weighted by Gasteiger charge is 2.14. The Labute approximate surface area is 181 Å². The van der Waals surface area contributed by atoms with Crippen LogP contribution in [0.5, 0.6) is 0 Å². The Morgan fingerprint density at radius 3 is 1.33 bits per heavy atom. The lowest BCUT2D eigenvalue weighted by atomic mass is 9.93. The number of hydrogen-bond donors (Lipinski definition) is 0. The van der Waals surface area contributed by atoms with Crippen LogP contribution in [-0.2, 0) is 51.6 Å². The molecule has 2 aromatic heterocycles. The van der Waals surface area contributed by atoms with Crippen molar-refractivity contribution in [3.8, 4) is 0 Å². The minimum Gasteiger partial charge on any atom is -0.204 e. The molecule has 154 valence electrons. The summed E-state index contributed by atoms with van der Waals surface area (Å²) in [5, 5.41) is 0.